The SMILES string of the molecule is O=C(c1ccccc1)c1ccccc1C(=O)N1CCS[C@@H](c2ccccc2)CC1. The second kappa shape index (κ2) is 9.10. The second-order valence-electron chi connectivity index (χ2n) is 7.09. The summed E-state index contributed by atoms with van der Waals surface area (Å²) < 4.78 is 0. The molecule has 0 aliphatic carbocycles. The first kappa shape index (κ1) is 19.5. The van der Waals surface area contributed by atoms with Crippen LogP contribution in [-0.4, -0.2) is 35.4 Å². The number of benzene rings is 3. The summed E-state index contributed by atoms with van der Waals surface area (Å²) in [5, 5.41) is 0.398. The molecule has 1 saturated heterocycles. The smallest absolute Gasteiger partial charge is 0.254 e. The predicted molar refractivity (Wildman–Crippen MR) is 118 cm³/mol. The second-order valence-corrected chi connectivity index (χ2v) is 8.40. The van der Waals surface area contributed by atoms with E-state index >= 15 is 0 Å². The molecule has 0 aromatic heterocycles. The molecular weight excluding hydrogens is 378 g/mol. The van der Waals surface area contributed by atoms with Crippen molar-refractivity contribution in [1.29, 1.82) is 0 Å². The summed E-state index contributed by atoms with van der Waals surface area (Å²) in [5.74, 6) is 0.722. The van der Waals surface area contributed by atoms with Gasteiger partial charge in [-0.15, -0.1) is 0 Å². The van der Waals surface area contributed by atoms with Gasteiger partial charge in [-0.05, 0) is 18.1 Å². The van der Waals surface area contributed by atoms with Gasteiger partial charge in [0.15, 0.2) is 5.78 Å². The van der Waals surface area contributed by atoms with Crippen LogP contribution in [0.1, 0.15) is 43.5 Å². The molecule has 3 aromatic carbocycles. The molecule has 0 saturated carbocycles. The topological polar surface area (TPSA) is 37.4 Å². The normalized spacial score (nSPS) is 16.8. The van der Waals surface area contributed by atoms with Crippen LogP contribution in [0.15, 0.2) is 84.9 Å². The van der Waals surface area contributed by atoms with Gasteiger partial charge in [0.05, 0.1) is 5.56 Å². The first-order chi connectivity index (χ1) is 14.2. The van der Waals surface area contributed by atoms with Crippen LogP contribution < -0.4 is 0 Å². The summed E-state index contributed by atoms with van der Waals surface area (Å²) in [6, 6.07) is 26.8. The van der Waals surface area contributed by atoms with Crippen molar-refractivity contribution < 1.29 is 9.59 Å². The zero-order valence-electron chi connectivity index (χ0n) is 16.2. The van der Waals surface area contributed by atoms with Crippen LogP contribution in [-0.2, 0) is 0 Å². The van der Waals surface area contributed by atoms with Gasteiger partial charge in [-0.2, -0.15) is 11.8 Å². The van der Waals surface area contributed by atoms with Gasteiger partial charge >= 0.3 is 0 Å². The van der Waals surface area contributed by atoms with E-state index < -0.39 is 0 Å². The number of thioether (sulfide) groups is 1. The van der Waals surface area contributed by atoms with Crippen molar-refractivity contribution in [2.75, 3.05) is 18.8 Å². The number of rotatable bonds is 4. The molecule has 0 N–H and O–H groups in total. The Morgan fingerprint density at radius 1 is 0.759 bits per heavy atom. The molecular formula is C25H23NO2S. The van der Waals surface area contributed by atoms with Crippen LogP contribution in [0.5, 0.6) is 0 Å². The lowest BCUT2D eigenvalue weighted by molar-refractivity contribution is 0.0762. The predicted octanol–water partition coefficient (Wildman–Crippen LogP) is 5.24. The van der Waals surface area contributed by atoms with Crippen molar-refractivity contribution >= 4 is 23.5 Å². The van der Waals surface area contributed by atoms with Crippen molar-refractivity contribution in [1.82, 2.24) is 4.90 Å². The van der Waals surface area contributed by atoms with Gasteiger partial charge in [0.1, 0.15) is 0 Å². The molecule has 3 aromatic rings. The third-order valence-corrected chi connectivity index (χ3v) is 6.57. The molecule has 29 heavy (non-hydrogen) atoms. The van der Waals surface area contributed by atoms with Gasteiger partial charge in [0.2, 0.25) is 0 Å². The number of nitrogens with zero attached hydrogens (tertiary/aromatic N) is 1. The number of hydrogen-bond acceptors (Lipinski definition) is 3. The molecule has 4 rings (SSSR count). The maximum absolute atomic E-state index is 13.3. The van der Waals surface area contributed by atoms with Gasteiger partial charge in [0, 0.05) is 35.2 Å². The zero-order valence-corrected chi connectivity index (χ0v) is 17.0. The lowest BCUT2D eigenvalue weighted by Gasteiger charge is -2.21. The number of ketones is 1. The Morgan fingerprint density at radius 3 is 2.10 bits per heavy atom. The molecule has 0 unspecified atom stereocenters. The van der Waals surface area contributed by atoms with E-state index in [0.717, 1.165) is 12.2 Å². The summed E-state index contributed by atoms with van der Waals surface area (Å²) in [6.07, 6.45) is 0.912. The molecule has 1 fully saturated rings. The van der Waals surface area contributed by atoms with Gasteiger partial charge in [0.25, 0.3) is 5.91 Å². The molecule has 0 radical (unpaired) electrons. The molecule has 0 spiro atoms. The Hall–Kier alpha value is -2.85. The standard InChI is InChI=1S/C25H23NO2S/c27-24(20-11-5-2-6-12-20)21-13-7-8-14-22(21)25(28)26-16-15-23(29-18-17-26)19-9-3-1-4-10-19/h1-14,23H,15-18H2/t23-/m1/s1. The van der Waals surface area contributed by atoms with Crippen molar-refractivity contribution in [3.8, 4) is 0 Å². The van der Waals surface area contributed by atoms with Crippen LogP contribution in [0.25, 0.3) is 0 Å². The molecule has 1 aliphatic rings. The van der Waals surface area contributed by atoms with E-state index in [1.54, 1.807) is 24.3 Å². The van der Waals surface area contributed by atoms with Crippen LogP contribution in [0, 0.1) is 0 Å². The van der Waals surface area contributed by atoms with Gasteiger partial charge in [-0.1, -0.05) is 78.9 Å². The highest BCUT2D eigenvalue weighted by Gasteiger charge is 2.25. The first-order valence-corrected chi connectivity index (χ1v) is 10.9. The fraction of sp³-hybridized carbons (Fsp3) is 0.200. The fourth-order valence-electron chi connectivity index (χ4n) is 3.69. The van der Waals surface area contributed by atoms with Crippen molar-refractivity contribution in [2.24, 2.45) is 0 Å². The Bertz CT molecular complexity index is 988. The summed E-state index contributed by atoms with van der Waals surface area (Å²) in [7, 11) is 0. The van der Waals surface area contributed by atoms with Gasteiger partial charge in [-0.3, -0.25) is 9.59 Å². The Kier molecular flexibility index (Phi) is 6.11. The van der Waals surface area contributed by atoms with Crippen LogP contribution in [0.3, 0.4) is 0 Å². The van der Waals surface area contributed by atoms with Crippen molar-refractivity contribution in [3.63, 3.8) is 0 Å². The molecule has 4 heteroatoms. The number of carbonyl (C=O) groups is 2. The summed E-state index contributed by atoms with van der Waals surface area (Å²) in [6.45, 7) is 1.39. The van der Waals surface area contributed by atoms with Crippen molar-refractivity contribution in [2.45, 2.75) is 11.7 Å². The van der Waals surface area contributed by atoms with Crippen molar-refractivity contribution in [3.05, 3.63) is 107 Å². The van der Waals surface area contributed by atoms with Crippen LogP contribution in [0.4, 0.5) is 0 Å². The summed E-state index contributed by atoms with van der Waals surface area (Å²) >= 11 is 1.90. The Labute approximate surface area is 175 Å². The third kappa shape index (κ3) is 4.43. The fourth-order valence-corrected chi connectivity index (χ4v) is 4.92. The average molecular weight is 402 g/mol. The molecule has 1 aliphatic heterocycles. The number of carbonyl (C=O) groups excluding carboxylic acids is 2. The van der Waals surface area contributed by atoms with E-state index in [1.807, 2.05) is 53.1 Å². The molecule has 146 valence electrons. The van der Waals surface area contributed by atoms with Crippen LogP contribution in [0.2, 0.25) is 0 Å². The van der Waals surface area contributed by atoms with E-state index in [9.17, 15) is 9.59 Å². The van der Waals surface area contributed by atoms with E-state index in [2.05, 4.69) is 24.3 Å². The van der Waals surface area contributed by atoms with E-state index in [0.29, 0.717) is 35.0 Å². The first-order valence-electron chi connectivity index (χ1n) is 9.88. The third-order valence-electron chi connectivity index (χ3n) is 5.24. The van der Waals surface area contributed by atoms with E-state index in [4.69, 9.17) is 0 Å². The molecule has 0 bridgehead atoms. The molecule has 1 amide bonds. The zero-order chi connectivity index (χ0) is 20.1. The van der Waals surface area contributed by atoms with Gasteiger partial charge < -0.3 is 4.90 Å². The summed E-state index contributed by atoms with van der Waals surface area (Å²) in [5.41, 5.74) is 2.87. The minimum atomic E-state index is -0.110. The average Bonchev–Trinajstić information content (AvgIpc) is 3.06. The minimum absolute atomic E-state index is 0.0563. The monoisotopic (exact) mass is 401 g/mol. The summed E-state index contributed by atoms with van der Waals surface area (Å²) in [4.78, 5) is 28.2. The minimum Gasteiger partial charge on any atom is -0.338 e. The maximum Gasteiger partial charge on any atom is 0.254 e. The highest BCUT2D eigenvalue weighted by Crippen LogP contribution is 2.34. The molecule has 3 nitrogen and oxygen atoms in total. The Morgan fingerprint density at radius 2 is 1.38 bits per heavy atom. The van der Waals surface area contributed by atoms with E-state index in [1.165, 1.54) is 5.56 Å². The van der Waals surface area contributed by atoms with Crippen LogP contribution >= 0.6 is 11.8 Å². The molecule has 1 atom stereocenters. The van der Waals surface area contributed by atoms with E-state index in [-0.39, 0.29) is 11.7 Å². The number of hydrogen-bond donors (Lipinski definition) is 0. The quantitative estimate of drug-likeness (QED) is 0.561. The maximum atomic E-state index is 13.3. The highest BCUT2D eigenvalue weighted by atomic mass is 32.2. The lowest BCUT2D eigenvalue weighted by atomic mass is 9.97. The Balaban J connectivity index is 1.54. The number of amides is 1. The lowest BCUT2D eigenvalue weighted by Crippen LogP contribution is -2.34. The van der Waals surface area contributed by atoms with Gasteiger partial charge in [-0.25, -0.2) is 0 Å². The molecule has 1 heterocycles. The highest BCUT2D eigenvalue weighted by molar-refractivity contribution is 7.99. The largest absolute Gasteiger partial charge is 0.338 e.